The van der Waals surface area contributed by atoms with Crippen LogP contribution in [0.2, 0.25) is 0 Å². The Kier molecular flexibility index (Phi) is 1.83. The highest BCUT2D eigenvalue weighted by Gasteiger charge is 2.29. The van der Waals surface area contributed by atoms with Gasteiger partial charge in [0.25, 0.3) is 0 Å². The third kappa shape index (κ3) is 1.42. The molecule has 0 atom stereocenters. The van der Waals surface area contributed by atoms with Gasteiger partial charge in [0.2, 0.25) is 11.7 Å². The van der Waals surface area contributed by atoms with Crippen molar-refractivity contribution in [2.75, 3.05) is 0 Å². The molecule has 1 aliphatic rings. The van der Waals surface area contributed by atoms with Gasteiger partial charge in [0, 0.05) is 18.5 Å². The van der Waals surface area contributed by atoms with E-state index in [1.54, 1.807) is 4.68 Å². The highest BCUT2D eigenvalue weighted by molar-refractivity contribution is 5.79. The fraction of sp³-hybridized carbons (Fsp3) is 0.333. The quantitative estimate of drug-likeness (QED) is 0.685. The molecule has 1 aliphatic carbocycles. The SMILES string of the molecule is Cn1nnc2ccc(-c3noc(C4CC4)n3)cc21. The number of benzene rings is 1. The zero-order valence-electron chi connectivity index (χ0n) is 9.87. The molecule has 6 heteroatoms. The highest BCUT2D eigenvalue weighted by Crippen LogP contribution is 2.39. The van der Waals surface area contributed by atoms with Crippen molar-refractivity contribution in [1.82, 2.24) is 25.1 Å². The smallest absolute Gasteiger partial charge is 0.230 e. The molecule has 90 valence electrons. The van der Waals surface area contributed by atoms with Crippen LogP contribution in [0.3, 0.4) is 0 Å². The van der Waals surface area contributed by atoms with Crippen LogP contribution in [0.15, 0.2) is 22.7 Å². The maximum Gasteiger partial charge on any atom is 0.230 e. The van der Waals surface area contributed by atoms with E-state index in [1.807, 2.05) is 25.2 Å². The van der Waals surface area contributed by atoms with Crippen LogP contribution in [0.1, 0.15) is 24.7 Å². The highest BCUT2D eigenvalue weighted by atomic mass is 16.5. The van der Waals surface area contributed by atoms with E-state index in [0.29, 0.717) is 11.7 Å². The zero-order chi connectivity index (χ0) is 12.1. The van der Waals surface area contributed by atoms with Crippen molar-refractivity contribution in [2.45, 2.75) is 18.8 Å². The summed E-state index contributed by atoms with van der Waals surface area (Å²) in [4.78, 5) is 4.44. The molecule has 18 heavy (non-hydrogen) atoms. The molecule has 1 fully saturated rings. The Morgan fingerprint density at radius 1 is 1.33 bits per heavy atom. The first kappa shape index (κ1) is 9.76. The summed E-state index contributed by atoms with van der Waals surface area (Å²) in [6, 6.07) is 5.85. The molecular weight excluding hydrogens is 230 g/mol. The van der Waals surface area contributed by atoms with Crippen LogP contribution in [-0.2, 0) is 7.05 Å². The first-order valence-corrected chi connectivity index (χ1v) is 5.95. The van der Waals surface area contributed by atoms with Gasteiger partial charge in [-0.15, -0.1) is 5.10 Å². The van der Waals surface area contributed by atoms with Gasteiger partial charge in [-0.25, -0.2) is 4.68 Å². The molecule has 0 N–H and O–H groups in total. The number of rotatable bonds is 2. The maximum atomic E-state index is 5.27. The minimum Gasteiger partial charge on any atom is -0.339 e. The van der Waals surface area contributed by atoms with Crippen LogP contribution < -0.4 is 0 Å². The molecule has 0 aliphatic heterocycles. The van der Waals surface area contributed by atoms with Crippen molar-refractivity contribution >= 4 is 11.0 Å². The summed E-state index contributed by atoms with van der Waals surface area (Å²) in [6.07, 6.45) is 2.32. The van der Waals surface area contributed by atoms with Crippen molar-refractivity contribution in [3.63, 3.8) is 0 Å². The number of aromatic nitrogens is 5. The monoisotopic (exact) mass is 241 g/mol. The second-order valence-electron chi connectivity index (χ2n) is 4.65. The van der Waals surface area contributed by atoms with Crippen LogP contribution in [0, 0.1) is 0 Å². The molecule has 6 nitrogen and oxygen atoms in total. The first-order valence-electron chi connectivity index (χ1n) is 5.95. The summed E-state index contributed by atoms with van der Waals surface area (Å²) >= 11 is 0. The fourth-order valence-electron chi connectivity index (χ4n) is 2.02. The van der Waals surface area contributed by atoms with E-state index in [9.17, 15) is 0 Å². The molecule has 0 radical (unpaired) electrons. The number of hydrogen-bond acceptors (Lipinski definition) is 5. The van der Waals surface area contributed by atoms with E-state index >= 15 is 0 Å². The molecule has 1 saturated carbocycles. The van der Waals surface area contributed by atoms with Crippen LogP contribution in [0.25, 0.3) is 22.4 Å². The minimum atomic E-state index is 0.480. The third-order valence-electron chi connectivity index (χ3n) is 3.24. The van der Waals surface area contributed by atoms with E-state index < -0.39 is 0 Å². The lowest BCUT2D eigenvalue weighted by Crippen LogP contribution is -1.90. The van der Waals surface area contributed by atoms with Gasteiger partial charge in [0.15, 0.2) is 0 Å². The second kappa shape index (κ2) is 3.38. The Labute approximate surface area is 103 Å². The van der Waals surface area contributed by atoms with Crippen molar-refractivity contribution in [3.05, 3.63) is 24.1 Å². The van der Waals surface area contributed by atoms with Gasteiger partial charge in [0.1, 0.15) is 5.52 Å². The molecular formula is C12H11N5O. The summed E-state index contributed by atoms with van der Waals surface area (Å²) in [5.74, 6) is 1.88. The van der Waals surface area contributed by atoms with Gasteiger partial charge in [0.05, 0.1) is 5.52 Å². The van der Waals surface area contributed by atoms with Gasteiger partial charge in [-0.05, 0) is 31.0 Å². The molecule has 2 heterocycles. The minimum absolute atomic E-state index is 0.480. The van der Waals surface area contributed by atoms with Crippen molar-refractivity contribution in [1.29, 1.82) is 0 Å². The van der Waals surface area contributed by atoms with Gasteiger partial charge in [-0.2, -0.15) is 4.98 Å². The summed E-state index contributed by atoms with van der Waals surface area (Å²) in [7, 11) is 1.87. The largest absolute Gasteiger partial charge is 0.339 e. The Bertz CT molecular complexity index is 725. The predicted octanol–water partition coefficient (Wildman–Crippen LogP) is 1.90. The van der Waals surface area contributed by atoms with E-state index in [1.165, 1.54) is 0 Å². The average Bonchev–Trinajstić information content (AvgIpc) is 3.01. The van der Waals surface area contributed by atoms with Gasteiger partial charge in [-0.1, -0.05) is 10.4 Å². The standard InChI is InChI=1S/C12H11N5O/c1-17-10-6-8(4-5-9(10)14-16-17)11-13-12(18-15-11)7-2-3-7/h4-7H,2-3H2,1H3. The number of aryl methyl sites for hydroxylation is 1. The molecule has 0 amide bonds. The summed E-state index contributed by atoms with van der Waals surface area (Å²) in [5, 5.41) is 12.1. The van der Waals surface area contributed by atoms with Gasteiger partial charge in [-0.3, -0.25) is 0 Å². The number of hydrogen-bond donors (Lipinski definition) is 0. The molecule has 0 bridgehead atoms. The van der Waals surface area contributed by atoms with E-state index in [2.05, 4.69) is 20.5 Å². The van der Waals surface area contributed by atoms with Gasteiger partial charge >= 0.3 is 0 Å². The summed E-state index contributed by atoms with van der Waals surface area (Å²) in [5.41, 5.74) is 2.76. The van der Waals surface area contributed by atoms with Crippen molar-refractivity contribution in [3.8, 4) is 11.4 Å². The Hall–Kier alpha value is -2.24. The van der Waals surface area contributed by atoms with Crippen molar-refractivity contribution in [2.24, 2.45) is 7.05 Å². The lowest BCUT2D eigenvalue weighted by molar-refractivity contribution is 0.380. The third-order valence-corrected chi connectivity index (χ3v) is 3.24. The fourth-order valence-corrected chi connectivity index (χ4v) is 2.02. The lowest BCUT2D eigenvalue weighted by atomic mass is 10.2. The molecule has 0 unspecified atom stereocenters. The van der Waals surface area contributed by atoms with Crippen LogP contribution in [-0.4, -0.2) is 25.1 Å². The van der Waals surface area contributed by atoms with Crippen LogP contribution >= 0.6 is 0 Å². The maximum absolute atomic E-state index is 5.27. The summed E-state index contributed by atoms with van der Waals surface area (Å²) < 4.78 is 7.00. The molecule has 0 saturated heterocycles. The molecule has 1 aromatic carbocycles. The van der Waals surface area contributed by atoms with Crippen LogP contribution in [0.5, 0.6) is 0 Å². The van der Waals surface area contributed by atoms with Crippen LogP contribution in [0.4, 0.5) is 0 Å². The van der Waals surface area contributed by atoms with E-state index in [-0.39, 0.29) is 0 Å². The molecule has 4 rings (SSSR count). The average molecular weight is 241 g/mol. The molecule has 3 aromatic rings. The summed E-state index contributed by atoms with van der Waals surface area (Å²) in [6.45, 7) is 0. The lowest BCUT2D eigenvalue weighted by Gasteiger charge is -1.95. The Balaban J connectivity index is 1.81. The van der Waals surface area contributed by atoms with Gasteiger partial charge < -0.3 is 4.52 Å². The zero-order valence-corrected chi connectivity index (χ0v) is 9.87. The van der Waals surface area contributed by atoms with E-state index in [0.717, 1.165) is 35.3 Å². The second-order valence-corrected chi connectivity index (χ2v) is 4.65. The van der Waals surface area contributed by atoms with Crippen molar-refractivity contribution < 1.29 is 4.52 Å². The molecule has 0 spiro atoms. The normalized spacial score (nSPS) is 15.4. The predicted molar refractivity (Wildman–Crippen MR) is 63.8 cm³/mol. The first-order chi connectivity index (χ1) is 8.81. The molecule has 2 aromatic heterocycles. The topological polar surface area (TPSA) is 69.6 Å². The Morgan fingerprint density at radius 3 is 3.06 bits per heavy atom. The number of nitrogens with zero attached hydrogens (tertiary/aromatic N) is 5. The van der Waals surface area contributed by atoms with E-state index in [4.69, 9.17) is 4.52 Å². The number of fused-ring (bicyclic) bond motifs is 1. The Morgan fingerprint density at radius 2 is 2.22 bits per heavy atom.